The Morgan fingerprint density at radius 2 is 1.89 bits per heavy atom. The fourth-order valence-electron chi connectivity index (χ4n) is 3.07. The van der Waals surface area contributed by atoms with Crippen molar-refractivity contribution < 1.29 is 8.42 Å². The summed E-state index contributed by atoms with van der Waals surface area (Å²) in [6, 6.07) is 16.7. The lowest BCUT2D eigenvalue weighted by Gasteiger charge is -2.22. The van der Waals surface area contributed by atoms with Crippen molar-refractivity contribution in [1.29, 1.82) is 0 Å². The number of nitrogens with zero attached hydrogens (tertiary/aromatic N) is 3. The lowest BCUT2D eigenvalue weighted by atomic mass is 10.2. The average molecular weight is 398 g/mol. The van der Waals surface area contributed by atoms with Crippen molar-refractivity contribution in [3.63, 3.8) is 0 Å². The van der Waals surface area contributed by atoms with Crippen LogP contribution >= 0.6 is 11.3 Å². The molecule has 0 aliphatic carbocycles. The van der Waals surface area contributed by atoms with Crippen LogP contribution in [0, 0.1) is 0 Å². The first-order valence-electron chi connectivity index (χ1n) is 8.52. The molecule has 5 nitrogen and oxygen atoms in total. The molecule has 0 aliphatic rings. The fraction of sp³-hybridized carbons (Fsp3) is 0.150. The Morgan fingerprint density at radius 3 is 2.63 bits per heavy atom. The Bertz CT molecular complexity index is 1160. The van der Waals surface area contributed by atoms with Gasteiger partial charge in [0.15, 0.2) is 0 Å². The van der Waals surface area contributed by atoms with Gasteiger partial charge < -0.3 is 4.57 Å². The molecule has 0 saturated carbocycles. The second kappa shape index (κ2) is 7.26. The van der Waals surface area contributed by atoms with E-state index in [1.54, 1.807) is 29.7 Å². The van der Waals surface area contributed by atoms with Gasteiger partial charge in [-0.2, -0.15) is 4.31 Å². The average Bonchev–Trinajstić information content (AvgIpc) is 3.33. The highest BCUT2D eigenvalue weighted by atomic mass is 32.2. The molecular formula is C20H19N3O2S2. The number of benzene rings is 1. The third kappa shape index (κ3) is 3.53. The summed E-state index contributed by atoms with van der Waals surface area (Å²) in [5, 5.41) is 2.77. The predicted molar refractivity (Wildman–Crippen MR) is 108 cm³/mol. The highest BCUT2D eigenvalue weighted by Crippen LogP contribution is 2.27. The van der Waals surface area contributed by atoms with Crippen LogP contribution in [0.1, 0.15) is 10.6 Å². The smallest absolute Gasteiger partial charge is 0.245 e. The SMILES string of the molecule is Cn1cccc1CN(Cc1cccs1)S(=O)(=O)c1cccc2cccnc12. The van der Waals surface area contributed by atoms with Gasteiger partial charge in [-0.05, 0) is 35.7 Å². The maximum absolute atomic E-state index is 13.6. The molecule has 0 fully saturated rings. The van der Waals surface area contributed by atoms with Crippen LogP contribution in [0.25, 0.3) is 10.9 Å². The maximum atomic E-state index is 13.6. The Morgan fingerprint density at radius 1 is 1.04 bits per heavy atom. The highest BCUT2D eigenvalue weighted by molar-refractivity contribution is 7.89. The lowest BCUT2D eigenvalue weighted by molar-refractivity contribution is 0.396. The number of para-hydroxylation sites is 1. The number of pyridine rings is 1. The summed E-state index contributed by atoms with van der Waals surface area (Å²) in [5.41, 5.74) is 1.44. The van der Waals surface area contributed by atoms with Crippen LogP contribution in [-0.4, -0.2) is 22.3 Å². The highest BCUT2D eigenvalue weighted by Gasteiger charge is 2.28. The van der Waals surface area contributed by atoms with E-state index in [1.165, 1.54) is 4.31 Å². The summed E-state index contributed by atoms with van der Waals surface area (Å²) in [7, 11) is -1.81. The number of aryl methyl sites for hydroxylation is 1. The van der Waals surface area contributed by atoms with E-state index in [9.17, 15) is 8.42 Å². The largest absolute Gasteiger partial charge is 0.353 e. The van der Waals surface area contributed by atoms with Crippen molar-refractivity contribution >= 4 is 32.3 Å². The van der Waals surface area contributed by atoms with Crippen molar-refractivity contribution in [3.05, 3.63) is 82.9 Å². The van der Waals surface area contributed by atoms with E-state index < -0.39 is 10.0 Å². The molecule has 0 amide bonds. The summed E-state index contributed by atoms with van der Waals surface area (Å²) >= 11 is 1.55. The van der Waals surface area contributed by atoms with Gasteiger partial charge in [0.2, 0.25) is 10.0 Å². The van der Waals surface area contributed by atoms with Gasteiger partial charge in [-0.25, -0.2) is 8.42 Å². The minimum absolute atomic E-state index is 0.242. The van der Waals surface area contributed by atoms with Crippen LogP contribution in [0.3, 0.4) is 0 Å². The zero-order chi connectivity index (χ0) is 18.9. The molecule has 138 valence electrons. The second-order valence-electron chi connectivity index (χ2n) is 6.29. The molecule has 0 spiro atoms. The van der Waals surface area contributed by atoms with Gasteiger partial charge in [0, 0.05) is 41.9 Å². The van der Waals surface area contributed by atoms with E-state index in [4.69, 9.17) is 0 Å². The number of aromatic nitrogens is 2. The molecule has 27 heavy (non-hydrogen) atoms. The molecule has 0 N–H and O–H groups in total. The number of thiophene rings is 1. The summed E-state index contributed by atoms with van der Waals surface area (Å²) in [5.74, 6) is 0. The van der Waals surface area contributed by atoms with Crippen molar-refractivity contribution in [2.24, 2.45) is 7.05 Å². The summed E-state index contributed by atoms with van der Waals surface area (Å²) in [6.07, 6.45) is 3.55. The Labute approximate surface area is 162 Å². The van der Waals surface area contributed by atoms with Crippen LogP contribution < -0.4 is 0 Å². The van der Waals surface area contributed by atoms with E-state index in [1.807, 2.05) is 65.7 Å². The molecule has 0 unspecified atom stereocenters. The zero-order valence-corrected chi connectivity index (χ0v) is 16.5. The van der Waals surface area contributed by atoms with E-state index in [2.05, 4.69) is 4.98 Å². The number of rotatable bonds is 6. The van der Waals surface area contributed by atoms with Crippen molar-refractivity contribution in [2.45, 2.75) is 18.0 Å². The third-order valence-electron chi connectivity index (χ3n) is 4.52. The van der Waals surface area contributed by atoms with E-state index in [0.29, 0.717) is 18.6 Å². The number of hydrogen-bond acceptors (Lipinski definition) is 4. The van der Waals surface area contributed by atoms with E-state index in [-0.39, 0.29) is 4.90 Å². The molecule has 0 atom stereocenters. The topological polar surface area (TPSA) is 55.2 Å². The minimum atomic E-state index is -3.73. The number of hydrogen-bond donors (Lipinski definition) is 0. The van der Waals surface area contributed by atoms with E-state index >= 15 is 0 Å². The number of sulfonamides is 1. The molecule has 0 saturated heterocycles. The molecule has 0 aliphatic heterocycles. The van der Waals surface area contributed by atoms with Crippen LogP contribution in [0.2, 0.25) is 0 Å². The summed E-state index contributed by atoms with van der Waals surface area (Å²) in [6.45, 7) is 0.626. The monoisotopic (exact) mass is 397 g/mol. The van der Waals surface area contributed by atoms with Crippen LogP contribution in [0.5, 0.6) is 0 Å². The third-order valence-corrected chi connectivity index (χ3v) is 7.20. The summed E-state index contributed by atoms with van der Waals surface area (Å²) < 4.78 is 30.7. The van der Waals surface area contributed by atoms with Gasteiger partial charge >= 0.3 is 0 Å². The molecular weight excluding hydrogens is 378 g/mol. The van der Waals surface area contributed by atoms with Gasteiger partial charge in [0.1, 0.15) is 4.90 Å². The van der Waals surface area contributed by atoms with Crippen LogP contribution in [0.15, 0.2) is 77.3 Å². The zero-order valence-electron chi connectivity index (χ0n) is 14.8. The molecule has 3 heterocycles. The predicted octanol–water partition coefficient (Wildman–Crippen LogP) is 4.03. The van der Waals surface area contributed by atoms with Gasteiger partial charge in [0.25, 0.3) is 0 Å². The van der Waals surface area contributed by atoms with Crippen molar-refractivity contribution in [1.82, 2.24) is 13.9 Å². The maximum Gasteiger partial charge on any atom is 0.245 e. The van der Waals surface area contributed by atoms with Crippen LogP contribution in [-0.2, 0) is 30.2 Å². The molecule has 0 bridgehead atoms. The van der Waals surface area contributed by atoms with Crippen LogP contribution in [0.4, 0.5) is 0 Å². The van der Waals surface area contributed by atoms with Gasteiger partial charge in [0.05, 0.1) is 12.1 Å². The lowest BCUT2D eigenvalue weighted by Crippen LogP contribution is -2.31. The molecule has 3 aromatic heterocycles. The quantitative estimate of drug-likeness (QED) is 0.494. The minimum Gasteiger partial charge on any atom is -0.353 e. The summed E-state index contributed by atoms with van der Waals surface area (Å²) in [4.78, 5) is 5.58. The molecule has 0 radical (unpaired) electrons. The Hall–Kier alpha value is -2.48. The molecule has 4 aromatic rings. The molecule has 4 rings (SSSR count). The normalized spacial score (nSPS) is 12.1. The Kier molecular flexibility index (Phi) is 4.82. The molecule has 1 aromatic carbocycles. The Balaban J connectivity index is 1.80. The van der Waals surface area contributed by atoms with Gasteiger partial charge in [-0.1, -0.05) is 24.3 Å². The fourth-order valence-corrected chi connectivity index (χ4v) is 5.42. The first-order valence-corrected chi connectivity index (χ1v) is 10.8. The van der Waals surface area contributed by atoms with E-state index in [0.717, 1.165) is 16.0 Å². The van der Waals surface area contributed by atoms with Gasteiger partial charge in [-0.3, -0.25) is 4.98 Å². The first kappa shape index (κ1) is 17.9. The molecule has 7 heteroatoms. The second-order valence-corrected chi connectivity index (χ2v) is 9.23. The van der Waals surface area contributed by atoms with Crippen molar-refractivity contribution in [2.75, 3.05) is 0 Å². The standard InChI is InChI=1S/C20H19N3O2S2/c1-22-12-4-8-17(22)14-23(15-18-9-5-13-26-18)27(24,25)19-10-2-6-16-7-3-11-21-20(16)19/h2-13H,14-15H2,1H3. The van der Waals surface area contributed by atoms with Crippen molar-refractivity contribution in [3.8, 4) is 0 Å². The van der Waals surface area contributed by atoms with Gasteiger partial charge in [-0.15, -0.1) is 11.3 Å². The first-order chi connectivity index (χ1) is 13.1. The number of fused-ring (bicyclic) bond motifs is 1.